The van der Waals surface area contributed by atoms with Crippen LogP contribution in [0.1, 0.15) is 28.9 Å². The van der Waals surface area contributed by atoms with Gasteiger partial charge in [-0.15, -0.1) is 5.10 Å². The maximum atomic E-state index is 12.2. The monoisotopic (exact) mass is 352 g/mol. The normalized spacial score (nSPS) is 20.5. The largest absolute Gasteiger partial charge is 0.442 e. The number of aromatic nitrogens is 3. The number of anilines is 1. The van der Waals surface area contributed by atoms with Crippen molar-refractivity contribution in [3.05, 3.63) is 53.1 Å². The van der Waals surface area contributed by atoms with Crippen molar-refractivity contribution in [2.24, 2.45) is 5.73 Å². The maximum absolute atomic E-state index is 12.2. The van der Waals surface area contributed by atoms with Crippen LogP contribution < -0.4 is 10.6 Å². The van der Waals surface area contributed by atoms with Crippen LogP contribution in [-0.4, -0.2) is 39.6 Å². The van der Waals surface area contributed by atoms with E-state index in [1.54, 1.807) is 0 Å². The first-order valence-electron chi connectivity index (χ1n) is 8.18. The van der Waals surface area contributed by atoms with Gasteiger partial charge < -0.3 is 15.3 Å². The summed E-state index contributed by atoms with van der Waals surface area (Å²) in [6.45, 7) is 7.96. The molecule has 1 saturated carbocycles. The molecule has 1 saturated heterocycles. The van der Waals surface area contributed by atoms with E-state index < -0.39 is 18.1 Å². The number of carbonyl (C=O) groups is 2. The first-order chi connectivity index (χ1) is 12.5. The molecule has 0 unspecified atom stereocenters. The molecule has 132 valence electrons. The van der Waals surface area contributed by atoms with Crippen LogP contribution in [-0.2, 0) is 16.8 Å². The van der Waals surface area contributed by atoms with Gasteiger partial charge in [-0.2, -0.15) is 0 Å². The fourth-order valence-corrected chi connectivity index (χ4v) is 3.07. The molecule has 0 bridgehead atoms. The highest BCUT2D eigenvalue weighted by Crippen LogP contribution is 2.49. The predicted molar refractivity (Wildman–Crippen MR) is 90.1 cm³/mol. The van der Waals surface area contributed by atoms with Gasteiger partial charge in [-0.25, -0.2) is 16.0 Å². The lowest BCUT2D eigenvalue weighted by Crippen LogP contribution is -2.26. The van der Waals surface area contributed by atoms with Crippen molar-refractivity contribution in [2.45, 2.75) is 31.0 Å². The molecule has 1 aliphatic carbocycles. The van der Waals surface area contributed by atoms with Crippen LogP contribution in [0.3, 0.4) is 0 Å². The Hall–Kier alpha value is -3.41. The molecule has 1 aromatic heterocycles. The van der Waals surface area contributed by atoms with Gasteiger partial charge in [-0.3, -0.25) is 9.69 Å². The molecule has 9 nitrogen and oxygen atoms in total. The third-order valence-corrected chi connectivity index (χ3v) is 4.71. The number of hydrogen-bond acceptors (Lipinski definition) is 5. The van der Waals surface area contributed by atoms with Gasteiger partial charge in [0.2, 0.25) is 0 Å². The Morgan fingerprint density at radius 2 is 2.12 bits per heavy atom. The molecule has 2 aliphatic rings. The number of carbonyl (C=O) groups excluding carboxylic acids is 2. The first kappa shape index (κ1) is 16.1. The van der Waals surface area contributed by atoms with Crippen LogP contribution in [0.5, 0.6) is 0 Å². The van der Waals surface area contributed by atoms with Gasteiger partial charge in [-0.1, -0.05) is 5.21 Å². The summed E-state index contributed by atoms with van der Waals surface area (Å²) < 4.78 is 6.79. The summed E-state index contributed by atoms with van der Waals surface area (Å²) in [4.78, 5) is 28.5. The molecule has 2 amide bonds. The topological polar surface area (TPSA) is 108 Å². The molecule has 1 aromatic carbocycles. The predicted octanol–water partition coefficient (Wildman–Crippen LogP) is 1.31. The number of nitrogens with zero attached hydrogens (tertiary/aromatic N) is 5. The van der Waals surface area contributed by atoms with E-state index in [1.807, 2.05) is 24.3 Å². The quantitative estimate of drug-likeness (QED) is 0.816. The van der Waals surface area contributed by atoms with E-state index in [0.29, 0.717) is 6.54 Å². The zero-order valence-electron chi connectivity index (χ0n) is 13.8. The molecule has 0 radical (unpaired) electrons. The summed E-state index contributed by atoms with van der Waals surface area (Å²) in [5.41, 5.74) is 6.56. The average molecular weight is 352 g/mol. The Morgan fingerprint density at radius 3 is 2.69 bits per heavy atom. The Bertz CT molecular complexity index is 909. The molecule has 0 spiro atoms. The summed E-state index contributed by atoms with van der Waals surface area (Å²) in [6, 6.07) is 7.48. The summed E-state index contributed by atoms with van der Waals surface area (Å²) in [6.07, 6.45) is 2.34. The minimum Gasteiger partial charge on any atom is -0.442 e. The van der Waals surface area contributed by atoms with Crippen molar-refractivity contribution < 1.29 is 14.3 Å². The lowest BCUT2D eigenvalue weighted by atomic mass is 10.1. The smallest absolute Gasteiger partial charge is 0.414 e. The fraction of sp³-hybridized carbons (Fsp3) is 0.353. The van der Waals surface area contributed by atoms with E-state index in [1.165, 1.54) is 15.8 Å². The molecule has 9 heteroatoms. The highest BCUT2D eigenvalue weighted by molar-refractivity contribution is 5.90. The summed E-state index contributed by atoms with van der Waals surface area (Å²) in [5, 5.41) is 7.47. The van der Waals surface area contributed by atoms with E-state index in [9.17, 15) is 9.59 Å². The molecule has 1 atom stereocenters. The molecule has 26 heavy (non-hydrogen) atoms. The average Bonchev–Trinajstić information content (AvgIpc) is 3.15. The third kappa shape index (κ3) is 2.75. The van der Waals surface area contributed by atoms with Gasteiger partial charge in [0, 0.05) is 24.1 Å². The van der Waals surface area contributed by atoms with Gasteiger partial charge >= 0.3 is 6.09 Å². The lowest BCUT2D eigenvalue weighted by molar-refractivity contribution is 0.0995. The van der Waals surface area contributed by atoms with Gasteiger partial charge in [0.1, 0.15) is 6.10 Å². The van der Waals surface area contributed by atoms with Crippen molar-refractivity contribution in [3.8, 4) is 0 Å². The second kappa shape index (κ2) is 5.84. The minimum atomic E-state index is -0.658. The SMILES string of the molecule is [C-]#[N+]C1(c2ccc(N3C[C@H](Cn4cc(C(N)=O)nn4)OC3=O)cc2)CC1. The summed E-state index contributed by atoms with van der Waals surface area (Å²) >= 11 is 0. The highest BCUT2D eigenvalue weighted by Gasteiger charge is 2.52. The molecule has 2 heterocycles. The van der Waals surface area contributed by atoms with Crippen LogP contribution in [0.25, 0.3) is 4.85 Å². The molecular weight excluding hydrogens is 336 g/mol. The third-order valence-electron chi connectivity index (χ3n) is 4.71. The number of benzene rings is 1. The van der Waals surface area contributed by atoms with E-state index >= 15 is 0 Å². The van der Waals surface area contributed by atoms with Crippen molar-refractivity contribution in [1.82, 2.24) is 15.0 Å². The van der Waals surface area contributed by atoms with Crippen molar-refractivity contribution in [1.29, 1.82) is 0 Å². The minimum absolute atomic E-state index is 0.0654. The van der Waals surface area contributed by atoms with Gasteiger partial charge in [0.25, 0.3) is 11.4 Å². The second-order valence-electron chi connectivity index (χ2n) is 6.50. The van der Waals surface area contributed by atoms with Crippen molar-refractivity contribution in [3.63, 3.8) is 0 Å². The molecule has 2 fully saturated rings. The van der Waals surface area contributed by atoms with Crippen molar-refractivity contribution >= 4 is 17.7 Å². The number of rotatable bonds is 5. The zero-order chi connectivity index (χ0) is 18.3. The number of hydrogen-bond donors (Lipinski definition) is 1. The van der Waals surface area contributed by atoms with Crippen LogP contribution in [0.2, 0.25) is 0 Å². The van der Waals surface area contributed by atoms with E-state index in [4.69, 9.17) is 17.0 Å². The standard InChI is InChI=1S/C17H16N6O3/c1-19-17(6-7-17)11-2-4-12(5-3-11)23-9-13(26-16(23)25)8-22-10-14(15(18)24)20-21-22/h2-5,10,13H,6-9H2,(H2,18,24)/t13-/m0/s1. The van der Waals surface area contributed by atoms with Gasteiger partial charge in [0.05, 0.1) is 19.3 Å². The Kier molecular flexibility index (Phi) is 3.61. The van der Waals surface area contributed by atoms with E-state index in [2.05, 4.69) is 15.2 Å². The number of primary amides is 1. The molecule has 4 rings (SSSR count). The highest BCUT2D eigenvalue weighted by atomic mass is 16.6. The first-order valence-corrected chi connectivity index (χ1v) is 8.18. The number of cyclic esters (lactones) is 1. The van der Waals surface area contributed by atoms with Crippen LogP contribution in [0.15, 0.2) is 30.5 Å². The fourth-order valence-electron chi connectivity index (χ4n) is 3.07. The zero-order valence-corrected chi connectivity index (χ0v) is 13.8. The summed E-state index contributed by atoms with van der Waals surface area (Å²) in [7, 11) is 0. The van der Waals surface area contributed by atoms with Gasteiger partial charge in [0.15, 0.2) is 5.69 Å². The molecule has 2 aromatic rings. The van der Waals surface area contributed by atoms with Crippen molar-refractivity contribution in [2.75, 3.05) is 11.4 Å². The Balaban J connectivity index is 1.44. The molecular formula is C17H16N6O3. The van der Waals surface area contributed by atoms with Crippen LogP contribution >= 0.6 is 0 Å². The summed E-state index contributed by atoms with van der Waals surface area (Å²) in [5.74, 6) is -0.658. The maximum Gasteiger partial charge on any atom is 0.414 e. The van der Waals surface area contributed by atoms with Crippen LogP contribution in [0, 0.1) is 6.57 Å². The van der Waals surface area contributed by atoms with E-state index in [-0.39, 0.29) is 17.8 Å². The number of amides is 2. The van der Waals surface area contributed by atoms with E-state index in [0.717, 1.165) is 24.1 Å². The molecule has 1 aliphatic heterocycles. The van der Waals surface area contributed by atoms with Gasteiger partial charge in [-0.05, 0) is 24.3 Å². The molecule has 2 N–H and O–H groups in total. The van der Waals surface area contributed by atoms with Crippen LogP contribution in [0.4, 0.5) is 10.5 Å². The number of nitrogens with two attached hydrogens (primary N) is 1. The Labute approximate surface area is 149 Å². The lowest BCUT2D eigenvalue weighted by Gasteiger charge is -2.13. The second-order valence-corrected chi connectivity index (χ2v) is 6.50. The number of ether oxygens (including phenoxy) is 1. The Morgan fingerprint density at radius 1 is 1.38 bits per heavy atom.